The van der Waals surface area contributed by atoms with Crippen molar-refractivity contribution in [3.05, 3.63) is 48.2 Å². The highest BCUT2D eigenvalue weighted by molar-refractivity contribution is 5.86. The van der Waals surface area contributed by atoms with Gasteiger partial charge in [-0.25, -0.2) is 4.79 Å². The van der Waals surface area contributed by atoms with Crippen molar-refractivity contribution >= 4 is 22.8 Å². The Morgan fingerprint density at radius 3 is 1.88 bits per heavy atom. The third kappa shape index (κ3) is 15.3. The zero-order chi connectivity index (χ0) is 28.7. The first-order valence-corrected chi connectivity index (χ1v) is 16.3. The van der Waals surface area contributed by atoms with E-state index in [2.05, 4.69) is 29.4 Å². The second kappa shape index (κ2) is 22.2. The molecule has 1 aromatic heterocycles. The number of aromatic amines is 1. The van der Waals surface area contributed by atoms with Gasteiger partial charge in [-0.1, -0.05) is 127 Å². The van der Waals surface area contributed by atoms with Crippen LogP contribution in [0.2, 0.25) is 0 Å². The summed E-state index contributed by atoms with van der Waals surface area (Å²) in [6, 6.07) is 6.91. The van der Waals surface area contributed by atoms with Gasteiger partial charge in [-0.15, -0.1) is 0 Å². The van der Waals surface area contributed by atoms with Gasteiger partial charge in [-0.2, -0.15) is 0 Å². The number of carboxylic acid groups (broad SMARTS) is 1. The first-order valence-electron chi connectivity index (χ1n) is 16.3. The van der Waals surface area contributed by atoms with Gasteiger partial charge >= 0.3 is 5.97 Å². The number of hydrogen-bond donors (Lipinski definition) is 3. The van der Waals surface area contributed by atoms with E-state index in [9.17, 15) is 14.7 Å². The van der Waals surface area contributed by atoms with E-state index in [-0.39, 0.29) is 12.3 Å². The smallest absolute Gasteiger partial charge is 0.326 e. The summed E-state index contributed by atoms with van der Waals surface area (Å²) in [5, 5.41) is 13.3. The average molecular weight is 553 g/mol. The number of carboxylic acids is 1. The number of hydrogen-bond acceptors (Lipinski definition) is 2. The minimum atomic E-state index is -0.991. The number of fused-ring (bicyclic) bond motifs is 1. The van der Waals surface area contributed by atoms with Crippen LogP contribution in [0.4, 0.5) is 0 Å². The van der Waals surface area contributed by atoms with E-state index in [0.717, 1.165) is 35.7 Å². The van der Waals surface area contributed by atoms with Gasteiger partial charge in [0.2, 0.25) is 5.91 Å². The van der Waals surface area contributed by atoms with Crippen LogP contribution in [0.3, 0.4) is 0 Å². The summed E-state index contributed by atoms with van der Waals surface area (Å²) < 4.78 is 0. The number of allylic oxidation sites excluding steroid dienone is 2. The summed E-state index contributed by atoms with van der Waals surface area (Å²) in [5.41, 5.74) is 1.89. The second-order valence-electron chi connectivity index (χ2n) is 11.5. The van der Waals surface area contributed by atoms with E-state index in [0.29, 0.717) is 6.42 Å². The van der Waals surface area contributed by atoms with Crippen molar-refractivity contribution in [1.29, 1.82) is 0 Å². The molecule has 3 N–H and O–H groups in total. The lowest BCUT2D eigenvalue weighted by atomic mass is 10.0. The van der Waals surface area contributed by atoms with Crippen molar-refractivity contribution in [3.8, 4) is 0 Å². The van der Waals surface area contributed by atoms with Gasteiger partial charge < -0.3 is 15.4 Å². The predicted octanol–water partition coefficient (Wildman–Crippen LogP) is 9.66. The Labute approximate surface area is 243 Å². The quantitative estimate of drug-likeness (QED) is 0.0847. The van der Waals surface area contributed by atoms with Crippen LogP contribution in [-0.4, -0.2) is 28.0 Å². The number of amides is 1. The van der Waals surface area contributed by atoms with Crippen LogP contribution < -0.4 is 5.32 Å². The fourth-order valence-electron chi connectivity index (χ4n) is 5.40. The monoisotopic (exact) mass is 552 g/mol. The Kier molecular flexibility index (Phi) is 18.6. The number of aliphatic carboxylic acids is 1. The van der Waals surface area contributed by atoms with E-state index in [1.807, 2.05) is 30.5 Å². The summed E-state index contributed by atoms with van der Waals surface area (Å²) in [6.07, 6.45) is 31.6. The molecule has 1 amide bonds. The van der Waals surface area contributed by atoms with Crippen molar-refractivity contribution in [2.45, 2.75) is 148 Å². The zero-order valence-corrected chi connectivity index (χ0v) is 25.2. The molecule has 0 saturated carbocycles. The molecule has 0 saturated heterocycles. The predicted molar refractivity (Wildman–Crippen MR) is 169 cm³/mol. The van der Waals surface area contributed by atoms with Crippen LogP contribution in [0.15, 0.2) is 42.6 Å². The number of H-pyrrole nitrogens is 1. The fraction of sp³-hybridized carbons (Fsp3) is 0.657. The molecular weight excluding hydrogens is 496 g/mol. The number of para-hydroxylation sites is 1. The molecule has 5 heteroatoms. The number of aromatic nitrogens is 1. The first-order chi connectivity index (χ1) is 19.6. The molecule has 0 aliphatic heterocycles. The summed E-state index contributed by atoms with van der Waals surface area (Å²) >= 11 is 0. The molecule has 1 unspecified atom stereocenters. The minimum Gasteiger partial charge on any atom is -0.480 e. The molecule has 0 bridgehead atoms. The zero-order valence-electron chi connectivity index (χ0n) is 25.2. The highest BCUT2D eigenvalue weighted by atomic mass is 16.4. The summed E-state index contributed by atoms with van der Waals surface area (Å²) in [5.74, 6) is -1.16. The molecule has 5 nitrogen and oxygen atoms in total. The van der Waals surface area contributed by atoms with Crippen molar-refractivity contribution in [3.63, 3.8) is 0 Å². The lowest BCUT2D eigenvalue weighted by Gasteiger charge is -2.14. The maximum Gasteiger partial charge on any atom is 0.326 e. The Hall–Kier alpha value is -2.56. The number of carbonyl (C=O) groups excluding carboxylic acids is 1. The molecule has 0 fully saturated rings. The molecule has 1 atom stereocenters. The van der Waals surface area contributed by atoms with Gasteiger partial charge in [-0.3, -0.25) is 4.79 Å². The van der Waals surface area contributed by atoms with Crippen molar-refractivity contribution in [2.75, 3.05) is 0 Å². The highest BCUT2D eigenvalue weighted by Gasteiger charge is 2.21. The summed E-state index contributed by atoms with van der Waals surface area (Å²) in [4.78, 5) is 27.3. The molecule has 1 aromatic carbocycles. The van der Waals surface area contributed by atoms with Crippen molar-refractivity contribution in [1.82, 2.24) is 10.3 Å². The van der Waals surface area contributed by atoms with E-state index < -0.39 is 12.0 Å². The van der Waals surface area contributed by atoms with Crippen LogP contribution in [0.5, 0.6) is 0 Å². The second-order valence-corrected chi connectivity index (χ2v) is 11.5. The number of nitrogens with one attached hydrogen (secondary N) is 2. The maximum absolute atomic E-state index is 12.4. The number of rotatable bonds is 25. The molecule has 0 aliphatic rings. The lowest BCUT2D eigenvalue weighted by Crippen LogP contribution is -2.42. The minimum absolute atomic E-state index is 0.166. The number of carbonyl (C=O) groups is 2. The van der Waals surface area contributed by atoms with Gasteiger partial charge in [-0.05, 0) is 43.7 Å². The molecular formula is C35H56N2O3. The van der Waals surface area contributed by atoms with Gasteiger partial charge in [0.1, 0.15) is 6.04 Å². The molecule has 0 spiro atoms. The van der Waals surface area contributed by atoms with Gasteiger partial charge in [0.15, 0.2) is 0 Å². The highest BCUT2D eigenvalue weighted by Crippen LogP contribution is 2.19. The average Bonchev–Trinajstić information content (AvgIpc) is 3.36. The Morgan fingerprint density at radius 1 is 0.775 bits per heavy atom. The van der Waals surface area contributed by atoms with Crippen molar-refractivity contribution in [2.24, 2.45) is 0 Å². The molecule has 224 valence electrons. The summed E-state index contributed by atoms with van der Waals surface area (Å²) in [6.45, 7) is 2.27. The summed E-state index contributed by atoms with van der Waals surface area (Å²) in [7, 11) is 0. The van der Waals surface area contributed by atoms with Crippen LogP contribution in [0.25, 0.3) is 10.9 Å². The SMILES string of the molecule is CCCCCCCC/C=C/CCCCCCCCCCCCCC(=O)NC(Cc1c[nH]c2ccccc12)C(=O)O. The van der Waals surface area contributed by atoms with Crippen LogP contribution >= 0.6 is 0 Å². The van der Waals surface area contributed by atoms with E-state index in [1.54, 1.807) is 0 Å². The lowest BCUT2D eigenvalue weighted by molar-refractivity contribution is -0.141. The van der Waals surface area contributed by atoms with Crippen LogP contribution in [0, 0.1) is 0 Å². The Morgan fingerprint density at radius 2 is 1.30 bits per heavy atom. The standard InChI is InChI=1S/C35H56N2O3/c1-2-3-4-5-6-7-8-9-10-11-12-13-14-15-16-17-18-19-20-21-22-27-34(38)37-33(35(39)40)28-30-29-36-32-26-24-23-25-31(30)32/h9-10,23-26,29,33,36H,2-8,11-22,27-28H2,1H3,(H,37,38)(H,39,40)/b10-9+. The molecule has 1 heterocycles. The van der Waals surface area contributed by atoms with Crippen molar-refractivity contribution < 1.29 is 14.7 Å². The van der Waals surface area contributed by atoms with E-state index >= 15 is 0 Å². The topological polar surface area (TPSA) is 82.2 Å². The van der Waals surface area contributed by atoms with Gasteiger partial charge in [0, 0.05) is 29.9 Å². The van der Waals surface area contributed by atoms with Crippen LogP contribution in [0.1, 0.15) is 141 Å². The van der Waals surface area contributed by atoms with Crippen LogP contribution in [-0.2, 0) is 16.0 Å². The third-order valence-corrected chi connectivity index (χ3v) is 7.90. The number of unbranched alkanes of at least 4 members (excludes halogenated alkanes) is 17. The van der Waals surface area contributed by atoms with E-state index in [1.165, 1.54) is 103 Å². The maximum atomic E-state index is 12.4. The fourth-order valence-corrected chi connectivity index (χ4v) is 5.40. The van der Waals surface area contributed by atoms with Gasteiger partial charge in [0.25, 0.3) is 0 Å². The molecule has 0 radical (unpaired) electrons. The first kappa shape index (κ1) is 33.6. The largest absolute Gasteiger partial charge is 0.480 e. The molecule has 40 heavy (non-hydrogen) atoms. The molecule has 0 aliphatic carbocycles. The molecule has 2 rings (SSSR count). The molecule has 2 aromatic rings. The Bertz CT molecular complexity index is 964. The number of benzene rings is 1. The third-order valence-electron chi connectivity index (χ3n) is 7.90. The van der Waals surface area contributed by atoms with Gasteiger partial charge in [0.05, 0.1) is 0 Å². The Balaban J connectivity index is 1.38. The normalized spacial score (nSPS) is 12.3. The van der Waals surface area contributed by atoms with E-state index in [4.69, 9.17) is 0 Å².